The highest BCUT2D eigenvalue weighted by atomic mass is 32.2. The van der Waals surface area contributed by atoms with Gasteiger partial charge in [-0.1, -0.05) is 6.42 Å². The van der Waals surface area contributed by atoms with Crippen molar-refractivity contribution in [3.05, 3.63) is 23.2 Å². The Balaban J connectivity index is 1.85. The molecule has 0 unspecified atom stereocenters. The zero-order valence-electron chi connectivity index (χ0n) is 14.5. The molecule has 1 aromatic carbocycles. The van der Waals surface area contributed by atoms with Crippen molar-refractivity contribution in [3.63, 3.8) is 0 Å². The van der Waals surface area contributed by atoms with Crippen molar-refractivity contribution < 1.29 is 13.2 Å². The minimum absolute atomic E-state index is 0.0653. The Bertz CT molecular complexity index is 876. The number of hydrogen-bond donors (Lipinski definition) is 1. The predicted molar refractivity (Wildman–Crippen MR) is 99.2 cm³/mol. The average Bonchev–Trinajstić information content (AvgIpc) is 2.94. The maximum Gasteiger partial charge on any atom is 0.243 e. The summed E-state index contributed by atoms with van der Waals surface area (Å²) in [7, 11) is -3.54. The summed E-state index contributed by atoms with van der Waals surface area (Å²) in [4.78, 5) is 15.8. The molecule has 1 fully saturated rings. The van der Waals surface area contributed by atoms with Crippen LogP contribution >= 0.6 is 11.3 Å². The molecule has 0 spiro atoms. The number of benzene rings is 1. The Kier molecular flexibility index (Phi) is 5.41. The van der Waals surface area contributed by atoms with E-state index in [0.717, 1.165) is 34.5 Å². The summed E-state index contributed by atoms with van der Waals surface area (Å²) in [6, 6.07) is 5.09. The van der Waals surface area contributed by atoms with E-state index in [2.05, 4.69) is 10.3 Å². The van der Waals surface area contributed by atoms with Crippen LogP contribution in [0.4, 0.5) is 0 Å². The van der Waals surface area contributed by atoms with Gasteiger partial charge in [0.2, 0.25) is 15.9 Å². The molecule has 0 radical (unpaired) electrons. The van der Waals surface area contributed by atoms with E-state index in [0.29, 0.717) is 24.4 Å². The van der Waals surface area contributed by atoms with E-state index in [1.807, 2.05) is 6.92 Å². The number of thiazole rings is 1. The summed E-state index contributed by atoms with van der Waals surface area (Å²) in [5, 5.41) is 3.69. The van der Waals surface area contributed by atoms with Gasteiger partial charge in [0, 0.05) is 26.1 Å². The third-order valence-corrected chi connectivity index (χ3v) is 7.38. The number of nitrogens with one attached hydrogen (secondary N) is 1. The number of aryl methyl sites for hydroxylation is 1. The molecule has 1 saturated heterocycles. The quantitative estimate of drug-likeness (QED) is 0.864. The maximum absolute atomic E-state index is 13.2. The van der Waals surface area contributed by atoms with Gasteiger partial charge in [-0.3, -0.25) is 4.79 Å². The average molecular weight is 382 g/mol. The molecule has 1 atom stereocenters. The molecule has 0 saturated carbocycles. The Hall–Kier alpha value is -1.51. The molecule has 8 heteroatoms. The third-order valence-electron chi connectivity index (χ3n) is 4.50. The van der Waals surface area contributed by atoms with Crippen LogP contribution in [-0.4, -0.2) is 42.7 Å². The molecule has 1 aliphatic heterocycles. The molecule has 1 aliphatic rings. The minimum atomic E-state index is -3.54. The van der Waals surface area contributed by atoms with E-state index in [4.69, 9.17) is 0 Å². The molecule has 0 bridgehead atoms. The fraction of sp³-hybridized carbons (Fsp3) is 0.529. The standard InChI is InChI=1S/C17H23N3O3S2/c1-12(21)18-9-8-14-5-3-4-10-20(14)25(22,23)15-6-7-16-17(11-15)24-13(2)19-16/h6-7,11,14H,3-5,8-10H2,1-2H3,(H,18,21)/t14-/m1/s1. The SMILES string of the molecule is CC(=O)NCC[C@H]1CCCCN1S(=O)(=O)c1ccc2nc(C)sc2c1. The topological polar surface area (TPSA) is 79.4 Å². The Morgan fingerprint density at radius 1 is 1.40 bits per heavy atom. The van der Waals surface area contributed by atoms with E-state index in [1.165, 1.54) is 18.3 Å². The molecule has 136 valence electrons. The second-order valence-corrected chi connectivity index (χ2v) is 9.52. The van der Waals surface area contributed by atoms with Crippen molar-refractivity contribution >= 4 is 37.5 Å². The molecule has 1 N–H and O–H groups in total. The fourth-order valence-corrected chi connectivity index (χ4v) is 6.00. The smallest absolute Gasteiger partial charge is 0.243 e. The second-order valence-electron chi connectivity index (χ2n) is 6.40. The summed E-state index contributed by atoms with van der Waals surface area (Å²) in [5.41, 5.74) is 0.835. The number of piperidine rings is 1. The Morgan fingerprint density at radius 2 is 2.20 bits per heavy atom. The molecule has 3 rings (SSSR count). The van der Waals surface area contributed by atoms with Gasteiger partial charge >= 0.3 is 0 Å². The van der Waals surface area contributed by atoms with Crippen LogP contribution in [0.15, 0.2) is 23.1 Å². The molecule has 1 amide bonds. The van der Waals surface area contributed by atoms with Crippen molar-refractivity contribution in [2.45, 2.75) is 50.5 Å². The van der Waals surface area contributed by atoms with Gasteiger partial charge < -0.3 is 5.32 Å². The van der Waals surface area contributed by atoms with Gasteiger partial charge in [0.15, 0.2) is 0 Å². The van der Waals surface area contributed by atoms with Crippen LogP contribution in [0.1, 0.15) is 37.6 Å². The molecular formula is C17H23N3O3S2. The first-order chi connectivity index (χ1) is 11.9. The highest BCUT2D eigenvalue weighted by Crippen LogP contribution is 2.30. The highest BCUT2D eigenvalue weighted by molar-refractivity contribution is 7.89. The molecular weight excluding hydrogens is 358 g/mol. The van der Waals surface area contributed by atoms with E-state index in [1.54, 1.807) is 22.5 Å². The van der Waals surface area contributed by atoms with Gasteiger partial charge in [0.1, 0.15) is 0 Å². The number of nitrogens with zero attached hydrogens (tertiary/aromatic N) is 2. The zero-order valence-corrected chi connectivity index (χ0v) is 16.1. The summed E-state index contributed by atoms with van der Waals surface area (Å²) in [5.74, 6) is -0.0868. The summed E-state index contributed by atoms with van der Waals surface area (Å²) in [6.07, 6.45) is 3.36. The van der Waals surface area contributed by atoms with Crippen LogP contribution in [0.3, 0.4) is 0 Å². The van der Waals surface area contributed by atoms with Crippen LogP contribution in [0, 0.1) is 6.92 Å². The molecule has 0 aliphatic carbocycles. The normalized spacial score (nSPS) is 19.2. The lowest BCUT2D eigenvalue weighted by Gasteiger charge is -2.34. The minimum Gasteiger partial charge on any atom is -0.356 e. The van der Waals surface area contributed by atoms with Crippen LogP contribution in [0.2, 0.25) is 0 Å². The lowest BCUT2D eigenvalue weighted by atomic mass is 10.0. The summed E-state index contributed by atoms with van der Waals surface area (Å²) >= 11 is 1.51. The van der Waals surface area contributed by atoms with E-state index >= 15 is 0 Å². The molecule has 25 heavy (non-hydrogen) atoms. The molecule has 6 nitrogen and oxygen atoms in total. The Morgan fingerprint density at radius 3 is 2.96 bits per heavy atom. The van der Waals surface area contributed by atoms with Crippen LogP contribution in [0.5, 0.6) is 0 Å². The van der Waals surface area contributed by atoms with Crippen molar-refractivity contribution in [3.8, 4) is 0 Å². The maximum atomic E-state index is 13.2. The lowest BCUT2D eigenvalue weighted by Crippen LogP contribution is -2.45. The van der Waals surface area contributed by atoms with Gasteiger partial charge in [-0.05, 0) is 44.4 Å². The number of rotatable bonds is 5. The number of sulfonamides is 1. The van der Waals surface area contributed by atoms with Gasteiger partial charge in [0.25, 0.3) is 0 Å². The van der Waals surface area contributed by atoms with Crippen LogP contribution < -0.4 is 5.32 Å². The number of carbonyl (C=O) groups is 1. The lowest BCUT2D eigenvalue weighted by molar-refractivity contribution is -0.119. The van der Waals surface area contributed by atoms with E-state index < -0.39 is 10.0 Å². The van der Waals surface area contributed by atoms with Crippen LogP contribution in [-0.2, 0) is 14.8 Å². The summed E-state index contributed by atoms with van der Waals surface area (Å²) < 4.78 is 28.8. The van der Waals surface area contributed by atoms with Gasteiger partial charge in [-0.25, -0.2) is 13.4 Å². The second kappa shape index (κ2) is 7.39. The molecule has 2 heterocycles. The van der Waals surface area contributed by atoms with Crippen molar-refractivity contribution in [2.75, 3.05) is 13.1 Å². The third kappa shape index (κ3) is 4.02. The first kappa shape index (κ1) is 18.3. The number of carbonyl (C=O) groups excluding carboxylic acids is 1. The van der Waals surface area contributed by atoms with Gasteiger partial charge in [-0.2, -0.15) is 4.31 Å². The number of hydrogen-bond acceptors (Lipinski definition) is 5. The first-order valence-electron chi connectivity index (χ1n) is 8.51. The largest absolute Gasteiger partial charge is 0.356 e. The molecule has 2 aromatic rings. The van der Waals surface area contributed by atoms with Gasteiger partial charge in [0.05, 0.1) is 20.1 Å². The summed E-state index contributed by atoms with van der Waals surface area (Å²) in [6.45, 7) is 4.43. The fourth-order valence-electron chi connectivity index (χ4n) is 3.31. The monoisotopic (exact) mass is 381 g/mol. The van der Waals surface area contributed by atoms with Crippen LogP contribution in [0.25, 0.3) is 10.2 Å². The highest BCUT2D eigenvalue weighted by Gasteiger charge is 2.33. The zero-order chi connectivity index (χ0) is 18.0. The van der Waals surface area contributed by atoms with E-state index in [9.17, 15) is 13.2 Å². The van der Waals surface area contributed by atoms with Crippen molar-refractivity contribution in [2.24, 2.45) is 0 Å². The van der Waals surface area contributed by atoms with Crippen molar-refractivity contribution in [1.82, 2.24) is 14.6 Å². The van der Waals surface area contributed by atoms with Gasteiger partial charge in [-0.15, -0.1) is 11.3 Å². The number of fused-ring (bicyclic) bond motifs is 1. The number of amides is 1. The predicted octanol–water partition coefficient (Wildman–Crippen LogP) is 2.67. The Labute approximate surface area is 152 Å². The van der Waals surface area contributed by atoms with E-state index in [-0.39, 0.29) is 11.9 Å². The number of aromatic nitrogens is 1. The molecule has 1 aromatic heterocycles. The first-order valence-corrected chi connectivity index (χ1v) is 10.8. The van der Waals surface area contributed by atoms with Crippen molar-refractivity contribution in [1.29, 1.82) is 0 Å².